The van der Waals surface area contributed by atoms with Crippen LogP contribution in [0.3, 0.4) is 0 Å². The molecule has 1 amide bonds. The maximum Gasteiger partial charge on any atom is 0.259 e. The van der Waals surface area contributed by atoms with Crippen molar-refractivity contribution in [3.05, 3.63) is 63.6 Å². The number of benzene rings is 2. The second kappa shape index (κ2) is 7.62. The zero-order valence-electron chi connectivity index (χ0n) is 11.9. The van der Waals surface area contributed by atoms with Crippen LogP contribution in [0.5, 0.6) is 0 Å². The molecule has 2 aromatic carbocycles. The first-order valence-corrected chi connectivity index (χ1v) is 8.12. The summed E-state index contributed by atoms with van der Waals surface area (Å²) in [5.41, 5.74) is 1.54. The first-order chi connectivity index (χ1) is 10.1. The summed E-state index contributed by atoms with van der Waals surface area (Å²) in [7, 11) is 0. The van der Waals surface area contributed by atoms with Gasteiger partial charge in [-0.25, -0.2) is 0 Å². The Labute approximate surface area is 138 Å². The number of rotatable bonds is 5. The molecule has 0 N–H and O–H groups in total. The van der Waals surface area contributed by atoms with Gasteiger partial charge in [0.05, 0.1) is 5.56 Å². The summed E-state index contributed by atoms with van der Waals surface area (Å²) in [6.45, 7) is 2.82. The van der Waals surface area contributed by atoms with Gasteiger partial charge in [-0.15, -0.1) is 0 Å². The lowest BCUT2D eigenvalue weighted by molar-refractivity contribution is 0.0986. The Kier molecular flexibility index (Phi) is 5.83. The molecule has 0 atom stereocenters. The lowest BCUT2D eigenvalue weighted by Gasteiger charge is -2.23. The number of carbonyl (C=O) groups is 1. The van der Waals surface area contributed by atoms with Crippen LogP contribution in [0.4, 0.5) is 5.69 Å². The van der Waals surface area contributed by atoms with Crippen LogP contribution in [0, 0.1) is 0 Å². The van der Waals surface area contributed by atoms with Crippen LogP contribution >= 0.6 is 27.5 Å². The molecule has 0 radical (unpaired) electrons. The summed E-state index contributed by atoms with van der Waals surface area (Å²) in [4.78, 5) is 14.7. The van der Waals surface area contributed by atoms with E-state index in [1.54, 1.807) is 18.2 Å². The normalized spacial score (nSPS) is 10.4. The number of hydrogen-bond acceptors (Lipinski definition) is 1. The summed E-state index contributed by atoms with van der Waals surface area (Å²) in [5, 5.41) is 0.609. The van der Waals surface area contributed by atoms with E-state index in [4.69, 9.17) is 11.6 Å². The first kappa shape index (κ1) is 16.1. The molecule has 4 heteroatoms. The molecule has 0 aliphatic rings. The number of unbranched alkanes of at least 4 members (excludes halogenated alkanes) is 1. The van der Waals surface area contributed by atoms with Crippen molar-refractivity contribution in [3.8, 4) is 0 Å². The third-order valence-corrected chi connectivity index (χ3v) is 4.10. The summed E-state index contributed by atoms with van der Waals surface area (Å²) in [6.07, 6.45) is 2.00. The fraction of sp³-hybridized carbons (Fsp3) is 0.235. The van der Waals surface area contributed by atoms with Crippen molar-refractivity contribution in [1.29, 1.82) is 0 Å². The molecule has 0 fully saturated rings. The number of nitrogens with zero attached hydrogens (tertiary/aromatic N) is 1. The molecule has 0 unspecified atom stereocenters. The lowest BCUT2D eigenvalue weighted by atomic mass is 10.1. The van der Waals surface area contributed by atoms with E-state index in [0.29, 0.717) is 17.1 Å². The number of carbonyl (C=O) groups excluding carboxylic acids is 1. The van der Waals surface area contributed by atoms with E-state index in [9.17, 15) is 4.79 Å². The van der Waals surface area contributed by atoms with Gasteiger partial charge in [-0.3, -0.25) is 4.79 Å². The summed E-state index contributed by atoms with van der Waals surface area (Å²) in [5.74, 6) is -0.0156. The number of anilines is 1. The van der Waals surface area contributed by atoms with Crippen molar-refractivity contribution in [2.75, 3.05) is 11.4 Å². The van der Waals surface area contributed by atoms with Gasteiger partial charge < -0.3 is 4.90 Å². The molecule has 0 aromatic heterocycles. The Morgan fingerprint density at radius 3 is 2.52 bits per heavy atom. The van der Waals surface area contributed by atoms with Crippen LogP contribution in [-0.4, -0.2) is 12.5 Å². The maximum atomic E-state index is 12.8. The molecule has 110 valence electrons. The van der Waals surface area contributed by atoms with Crippen molar-refractivity contribution in [3.63, 3.8) is 0 Å². The number of hydrogen-bond donors (Lipinski definition) is 0. The van der Waals surface area contributed by atoms with Gasteiger partial charge in [0.2, 0.25) is 0 Å². The van der Waals surface area contributed by atoms with Crippen molar-refractivity contribution < 1.29 is 4.79 Å². The Hall–Kier alpha value is -1.32. The lowest BCUT2D eigenvalue weighted by Crippen LogP contribution is -2.32. The third kappa shape index (κ3) is 4.08. The second-order valence-electron chi connectivity index (χ2n) is 4.77. The molecule has 21 heavy (non-hydrogen) atoms. The van der Waals surface area contributed by atoms with E-state index < -0.39 is 0 Å². The van der Waals surface area contributed by atoms with Gasteiger partial charge in [-0.1, -0.05) is 43.1 Å². The Morgan fingerprint density at radius 1 is 1.19 bits per heavy atom. The van der Waals surface area contributed by atoms with Crippen molar-refractivity contribution in [2.45, 2.75) is 19.8 Å². The summed E-state index contributed by atoms with van der Waals surface area (Å²) < 4.78 is 0.720. The monoisotopic (exact) mass is 365 g/mol. The van der Waals surface area contributed by atoms with Crippen LogP contribution < -0.4 is 4.90 Å². The molecule has 2 rings (SSSR count). The van der Waals surface area contributed by atoms with Crippen LogP contribution in [0.2, 0.25) is 5.02 Å². The molecule has 0 aliphatic carbocycles. The van der Waals surface area contributed by atoms with Crippen LogP contribution in [0.15, 0.2) is 53.0 Å². The average molecular weight is 367 g/mol. The number of para-hydroxylation sites is 1. The largest absolute Gasteiger partial charge is 0.308 e. The smallest absolute Gasteiger partial charge is 0.259 e. The van der Waals surface area contributed by atoms with Gasteiger partial charge in [0.1, 0.15) is 0 Å². The van der Waals surface area contributed by atoms with E-state index in [1.807, 2.05) is 35.2 Å². The van der Waals surface area contributed by atoms with E-state index >= 15 is 0 Å². The van der Waals surface area contributed by atoms with Crippen molar-refractivity contribution in [2.24, 2.45) is 0 Å². The SMILES string of the molecule is CCCCN(C(=O)c1ccc(Cl)cc1Br)c1ccccc1. The average Bonchev–Trinajstić information content (AvgIpc) is 2.48. The minimum absolute atomic E-state index is 0.0156. The molecule has 0 aliphatic heterocycles. The molecular weight excluding hydrogens is 350 g/mol. The number of halogens is 2. The van der Waals surface area contributed by atoms with Crippen LogP contribution in [0.1, 0.15) is 30.1 Å². The zero-order valence-corrected chi connectivity index (χ0v) is 14.2. The first-order valence-electron chi connectivity index (χ1n) is 6.95. The van der Waals surface area contributed by atoms with Gasteiger partial charge in [0.25, 0.3) is 5.91 Å². The Bertz CT molecular complexity index is 615. The standard InChI is InChI=1S/C17H17BrClNO/c1-2-3-11-20(14-7-5-4-6-8-14)17(21)15-10-9-13(19)12-16(15)18/h4-10,12H,2-3,11H2,1H3. The molecular formula is C17H17BrClNO. The fourth-order valence-corrected chi connectivity index (χ4v) is 2.93. The molecule has 0 saturated heterocycles. The van der Waals surface area contributed by atoms with Crippen molar-refractivity contribution in [1.82, 2.24) is 0 Å². The van der Waals surface area contributed by atoms with Gasteiger partial charge in [-0.05, 0) is 52.7 Å². The van der Waals surface area contributed by atoms with Crippen LogP contribution in [0.25, 0.3) is 0 Å². The highest BCUT2D eigenvalue weighted by Crippen LogP contribution is 2.25. The summed E-state index contributed by atoms with van der Waals surface area (Å²) in [6, 6.07) is 15.0. The van der Waals surface area contributed by atoms with Gasteiger partial charge >= 0.3 is 0 Å². The van der Waals surface area contributed by atoms with Gasteiger partial charge in [0.15, 0.2) is 0 Å². The van der Waals surface area contributed by atoms with E-state index in [2.05, 4.69) is 22.9 Å². The van der Waals surface area contributed by atoms with Gasteiger partial charge in [0, 0.05) is 21.7 Å². The molecule has 2 nitrogen and oxygen atoms in total. The molecule has 2 aromatic rings. The quantitative estimate of drug-likeness (QED) is 0.679. The minimum Gasteiger partial charge on any atom is -0.308 e. The molecule has 0 saturated carbocycles. The predicted octanol–water partition coefficient (Wildman–Crippen LogP) is 5.55. The van der Waals surface area contributed by atoms with E-state index in [0.717, 1.165) is 23.0 Å². The Morgan fingerprint density at radius 2 is 1.90 bits per heavy atom. The molecule has 0 bridgehead atoms. The Balaban J connectivity index is 2.34. The summed E-state index contributed by atoms with van der Waals surface area (Å²) >= 11 is 9.37. The van der Waals surface area contributed by atoms with Crippen LogP contribution in [-0.2, 0) is 0 Å². The fourth-order valence-electron chi connectivity index (χ4n) is 2.08. The van der Waals surface area contributed by atoms with Gasteiger partial charge in [-0.2, -0.15) is 0 Å². The zero-order chi connectivity index (χ0) is 15.2. The number of amides is 1. The third-order valence-electron chi connectivity index (χ3n) is 3.21. The minimum atomic E-state index is -0.0156. The predicted molar refractivity (Wildman–Crippen MR) is 92.2 cm³/mol. The second-order valence-corrected chi connectivity index (χ2v) is 6.06. The maximum absolute atomic E-state index is 12.8. The highest BCUT2D eigenvalue weighted by Gasteiger charge is 2.19. The highest BCUT2D eigenvalue weighted by atomic mass is 79.9. The van der Waals surface area contributed by atoms with E-state index in [-0.39, 0.29) is 5.91 Å². The van der Waals surface area contributed by atoms with E-state index in [1.165, 1.54) is 0 Å². The van der Waals surface area contributed by atoms with Crippen molar-refractivity contribution >= 4 is 39.1 Å². The topological polar surface area (TPSA) is 20.3 Å². The molecule has 0 spiro atoms. The molecule has 0 heterocycles. The highest BCUT2D eigenvalue weighted by molar-refractivity contribution is 9.10.